The Morgan fingerprint density at radius 3 is 2.29 bits per heavy atom. The maximum absolute atomic E-state index is 13.1. The molecule has 0 spiro atoms. The number of aromatic nitrogens is 1. The smallest absolute Gasteiger partial charge is 0.257 e. The molecule has 2 aliphatic heterocycles. The summed E-state index contributed by atoms with van der Waals surface area (Å²) in [4.78, 5) is 35.4. The molecule has 3 heterocycles. The number of likely N-dealkylation sites (tertiary alicyclic amines) is 2. The van der Waals surface area contributed by atoms with Crippen LogP contribution in [0.25, 0.3) is 11.3 Å². The van der Waals surface area contributed by atoms with E-state index in [1.165, 1.54) is 74.9 Å². The molecule has 6 rings (SSSR count). The number of anilines is 1. The van der Waals surface area contributed by atoms with Gasteiger partial charge in [0.15, 0.2) is 5.13 Å². The minimum atomic E-state index is -0.237. The molecule has 2 saturated heterocycles. The Bertz CT molecular complexity index is 1350. The van der Waals surface area contributed by atoms with E-state index in [0.29, 0.717) is 28.2 Å². The number of carbonyl (C=O) groups is 2. The number of rotatable bonds is 7. The average molecular weight is 573 g/mol. The summed E-state index contributed by atoms with van der Waals surface area (Å²) < 4.78 is 5.65. The van der Waals surface area contributed by atoms with E-state index in [9.17, 15) is 9.59 Å². The third-order valence-corrected chi connectivity index (χ3v) is 9.86. The van der Waals surface area contributed by atoms with Crippen LogP contribution in [0.1, 0.15) is 90.0 Å². The third-order valence-electron chi connectivity index (χ3n) is 9.10. The van der Waals surface area contributed by atoms with Crippen molar-refractivity contribution in [3.05, 3.63) is 64.5 Å². The van der Waals surface area contributed by atoms with E-state index < -0.39 is 0 Å². The second-order valence-electron chi connectivity index (χ2n) is 11.6. The van der Waals surface area contributed by atoms with Gasteiger partial charge in [-0.05, 0) is 99.5 Å². The molecule has 1 N–H and O–H groups in total. The van der Waals surface area contributed by atoms with Gasteiger partial charge in [0.05, 0.1) is 12.8 Å². The van der Waals surface area contributed by atoms with Crippen LogP contribution < -0.4 is 10.1 Å². The van der Waals surface area contributed by atoms with Gasteiger partial charge in [-0.3, -0.25) is 14.9 Å². The van der Waals surface area contributed by atoms with Crippen molar-refractivity contribution in [2.45, 2.75) is 69.7 Å². The molecule has 3 fully saturated rings. The molecule has 2 aromatic carbocycles. The number of benzene rings is 2. The molecular weight excluding hydrogens is 532 g/mol. The van der Waals surface area contributed by atoms with E-state index in [0.717, 1.165) is 42.9 Å². The molecule has 0 radical (unpaired) electrons. The summed E-state index contributed by atoms with van der Waals surface area (Å²) in [6.07, 6.45) is 11.0. The Labute approximate surface area is 246 Å². The second kappa shape index (κ2) is 12.7. The van der Waals surface area contributed by atoms with Gasteiger partial charge in [0, 0.05) is 41.2 Å². The van der Waals surface area contributed by atoms with Crippen molar-refractivity contribution in [3.63, 3.8) is 0 Å². The van der Waals surface area contributed by atoms with E-state index in [-0.39, 0.29) is 11.8 Å². The number of carbonyl (C=O) groups excluding carboxylic acids is 2. The van der Waals surface area contributed by atoms with Crippen molar-refractivity contribution in [2.75, 3.05) is 38.6 Å². The molecule has 8 heteroatoms. The van der Waals surface area contributed by atoms with E-state index in [1.54, 1.807) is 31.4 Å². The minimum absolute atomic E-state index is 0.0470. The number of piperidine rings is 1. The first-order valence-electron chi connectivity index (χ1n) is 15.2. The quantitative estimate of drug-likeness (QED) is 0.336. The van der Waals surface area contributed by atoms with Crippen LogP contribution >= 0.6 is 11.3 Å². The van der Waals surface area contributed by atoms with Crippen molar-refractivity contribution in [2.24, 2.45) is 0 Å². The first-order chi connectivity index (χ1) is 20.1. The van der Waals surface area contributed by atoms with Crippen LogP contribution in [0.5, 0.6) is 5.75 Å². The summed E-state index contributed by atoms with van der Waals surface area (Å²) in [5.74, 6) is 1.18. The highest BCUT2D eigenvalue weighted by Gasteiger charge is 2.28. The summed E-state index contributed by atoms with van der Waals surface area (Å²) in [5, 5.41) is 5.44. The Hall–Kier alpha value is -3.23. The molecule has 2 amide bonds. The summed E-state index contributed by atoms with van der Waals surface area (Å²) in [6, 6.07) is 14.0. The van der Waals surface area contributed by atoms with Crippen molar-refractivity contribution in [1.82, 2.24) is 14.8 Å². The Balaban J connectivity index is 1.07. The van der Waals surface area contributed by atoms with Gasteiger partial charge in [0.1, 0.15) is 5.75 Å². The lowest BCUT2D eigenvalue weighted by Gasteiger charge is -2.36. The van der Waals surface area contributed by atoms with Crippen LogP contribution in [0.3, 0.4) is 0 Å². The van der Waals surface area contributed by atoms with E-state index >= 15 is 0 Å². The maximum atomic E-state index is 13.1. The van der Waals surface area contributed by atoms with Crippen LogP contribution in [0.2, 0.25) is 0 Å². The summed E-state index contributed by atoms with van der Waals surface area (Å²) in [6.45, 7) is 3.99. The van der Waals surface area contributed by atoms with Crippen LogP contribution in [0.15, 0.2) is 47.8 Å². The van der Waals surface area contributed by atoms with E-state index in [1.807, 2.05) is 16.3 Å². The van der Waals surface area contributed by atoms with Crippen LogP contribution in [-0.4, -0.2) is 65.9 Å². The predicted molar refractivity (Wildman–Crippen MR) is 164 cm³/mol. The Morgan fingerprint density at radius 1 is 0.878 bits per heavy atom. The third kappa shape index (κ3) is 6.33. The molecule has 216 valence electrons. The highest BCUT2D eigenvalue weighted by atomic mass is 32.1. The van der Waals surface area contributed by atoms with Crippen molar-refractivity contribution < 1.29 is 14.3 Å². The molecular formula is C33H40N4O3S. The van der Waals surface area contributed by atoms with Gasteiger partial charge in [-0.15, -0.1) is 11.3 Å². The number of nitrogens with zero attached hydrogens (tertiary/aromatic N) is 3. The first kappa shape index (κ1) is 27.9. The van der Waals surface area contributed by atoms with Crippen LogP contribution in [0, 0.1) is 0 Å². The standard InChI is InChI=1S/C33H40N4O3S/c1-40-30-14-13-26(23-7-3-2-4-8-23)21-28(30)29-22-41-33(34-29)35-31(38)24-9-11-25(12-10-24)32(39)37-19-15-27(16-20-37)36-17-5-6-18-36/h9-14,21-23,27H,2-8,15-20H2,1H3,(H,34,35,38). The Morgan fingerprint density at radius 2 is 1.59 bits per heavy atom. The minimum Gasteiger partial charge on any atom is -0.496 e. The molecule has 1 aliphatic carbocycles. The molecule has 7 nitrogen and oxygen atoms in total. The van der Waals surface area contributed by atoms with Crippen molar-refractivity contribution in [1.29, 1.82) is 0 Å². The number of ether oxygens (including phenoxy) is 1. The number of nitrogens with one attached hydrogen (secondary N) is 1. The average Bonchev–Trinajstić information content (AvgIpc) is 3.74. The zero-order valence-electron chi connectivity index (χ0n) is 23.9. The van der Waals surface area contributed by atoms with E-state index in [2.05, 4.69) is 22.3 Å². The number of amides is 2. The number of hydrogen-bond donors (Lipinski definition) is 1. The number of hydrogen-bond acceptors (Lipinski definition) is 6. The largest absolute Gasteiger partial charge is 0.496 e. The maximum Gasteiger partial charge on any atom is 0.257 e. The normalized spacial score (nSPS) is 18.9. The van der Waals surface area contributed by atoms with Gasteiger partial charge in [0.2, 0.25) is 0 Å². The highest BCUT2D eigenvalue weighted by molar-refractivity contribution is 7.14. The van der Waals surface area contributed by atoms with E-state index in [4.69, 9.17) is 9.72 Å². The Kier molecular flexibility index (Phi) is 8.67. The molecule has 0 unspecified atom stereocenters. The fourth-order valence-corrected chi connectivity index (χ4v) is 7.43. The lowest BCUT2D eigenvalue weighted by Crippen LogP contribution is -2.45. The van der Waals surface area contributed by atoms with Crippen molar-refractivity contribution in [3.8, 4) is 17.0 Å². The zero-order chi connectivity index (χ0) is 28.2. The number of methoxy groups -OCH3 is 1. The van der Waals surface area contributed by atoms with Crippen LogP contribution in [0.4, 0.5) is 5.13 Å². The molecule has 0 atom stereocenters. The van der Waals surface area contributed by atoms with Gasteiger partial charge in [-0.1, -0.05) is 25.3 Å². The SMILES string of the molecule is COc1ccc(C2CCCCC2)cc1-c1csc(NC(=O)c2ccc(C(=O)N3CCC(N4CCCC4)CC3)cc2)n1. The van der Waals surface area contributed by atoms with Gasteiger partial charge >= 0.3 is 0 Å². The molecule has 1 saturated carbocycles. The summed E-state index contributed by atoms with van der Waals surface area (Å²) in [7, 11) is 1.68. The topological polar surface area (TPSA) is 74.8 Å². The van der Waals surface area contributed by atoms with Gasteiger partial charge in [-0.25, -0.2) is 4.98 Å². The molecule has 3 aromatic rings. The molecule has 1 aromatic heterocycles. The molecule has 41 heavy (non-hydrogen) atoms. The van der Waals surface area contributed by atoms with Crippen LogP contribution in [-0.2, 0) is 0 Å². The summed E-state index contributed by atoms with van der Waals surface area (Å²) >= 11 is 1.40. The lowest BCUT2D eigenvalue weighted by molar-refractivity contribution is 0.0644. The van der Waals surface area contributed by atoms with Gasteiger partial charge in [-0.2, -0.15) is 0 Å². The lowest BCUT2D eigenvalue weighted by atomic mass is 9.83. The first-order valence-corrected chi connectivity index (χ1v) is 16.1. The predicted octanol–water partition coefficient (Wildman–Crippen LogP) is 6.82. The second-order valence-corrected chi connectivity index (χ2v) is 12.5. The van der Waals surface area contributed by atoms with Crippen molar-refractivity contribution >= 4 is 28.3 Å². The monoisotopic (exact) mass is 572 g/mol. The fraction of sp³-hybridized carbons (Fsp3) is 0.485. The molecule has 0 bridgehead atoms. The summed E-state index contributed by atoms with van der Waals surface area (Å²) in [5.41, 5.74) is 4.23. The zero-order valence-corrected chi connectivity index (χ0v) is 24.8. The fourth-order valence-electron chi connectivity index (χ4n) is 6.73. The number of thiazole rings is 1. The molecule has 3 aliphatic rings. The van der Waals surface area contributed by atoms with Gasteiger partial charge in [0.25, 0.3) is 11.8 Å². The van der Waals surface area contributed by atoms with Gasteiger partial charge < -0.3 is 14.5 Å². The highest BCUT2D eigenvalue weighted by Crippen LogP contribution is 2.38.